The van der Waals surface area contributed by atoms with E-state index in [1.54, 1.807) is 12.5 Å². The summed E-state index contributed by atoms with van der Waals surface area (Å²) in [6, 6.07) is 14.3. The van der Waals surface area contributed by atoms with Gasteiger partial charge in [-0.15, -0.1) is 0 Å². The molecular weight excluding hydrogens is 350 g/mol. The molecule has 5 rings (SSSR count). The van der Waals surface area contributed by atoms with Gasteiger partial charge in [0.15, 0.2) is 5.76 Å². The molecule has 1 aliphatic heterocycles. The Kier molecular flexibility index (Phi) is 4.37. The van der Waals surface area contributed by atoms with E-state index in [9.17, 15) is 0 Å². The van der Waals surface area contributed by atoms with E-state index >= 15 is 0 Å². The first-order valence-corrected chi connectivity index (χ1v) is 9.56. The number of para-hydroxylation sites is 1. The molecule has 4 heteroatoms. The molecule has 0 spiro atoms. The molecule has 0 amide bonds. The minimum Gasteiger partial charge on any atom is -0.466 e. The van der Waals surface area contributed by atoms with Crippen molar-refractivity contribution in [2.24, 2.45) is 0 Å². The number of fused-ring (bicyclic) bond motifs is 3. The molecule has 4 nitrogen and oxygen atoms in total. The van der Waals surface area contributed by atoms with E-state index in [-0.39, 0.29) is 6.04 Å². The predicted molar refractivity (Wildman–Crippen MR) is 112 cm³/mol. The Morgan fingerprint density at radius 3 is 2.79 bits per heavy atom. The Balaban J connectivity index is 1.47. The van der Waals surface area contributed by atoms with Gasteiger partial charge in [-0.25, -0.2) is 0 Å². The maximum atomic E-state index is 5.94. The summed E-state index contributed by atoms with van der Waals surface area (Å²) >= 11 is 0. The smallest absolute Gasteiger partial charge is 0.161 e. The lowest BCUT2D eigenvalue weighted by Gasteiger charge is -2.24. The summed E-state index contributed by atoms with van der Waals surface area (Å²) in [7, 11) is 0. The Hall–Kier alpha value is -3.40. The van der Waals surface area contributed by atoms with Crippen LogP contribution in [0.15, 0.2) is 95.2 Å². The number of hydrogen-bond acceptors (Lipinski definition) is 4. The van der Waals surface area contributed by atoms with Crippen LogP contribution < -0.4 is 5.32 Å². The molecule has 2 heterocycles. The minimum absolute atomic E-state index is 0.0154. The van der Waals surface area contributed by atoms with Crippen molar-refractivity contribution in [1.82, 2.24) is 0 Å². The fourth-order valence-corrected chi connectivity index (χ4v) is 3.76. The molecule has 0 radical (unpaired) electrons. The van der Waals surface area contributed by atoms with Crippen LogP contribution in [-0.2, 0) is 9.47 Å². The molecule has 2 aliphatic rings. The van der Waals surface area contributed by atoms with Gasteiger partial charge in [0.25, 0.3) is 0 Å². The molecule has 0 bridgehead atoms. The van der Waals surface area contributed by atoms with E-state index in [4.69, 9.17) is 13.9 Å². The van der Waals surface area contributed by atoms with E-state index in [2.05, 4.69) is 35.7 Å². The van der Waals surface area contributed by atoms with Gasteiger partial charge in [0.05, 0.1) is 6.04 Å². The van der Waals surface area contributed by atoms with Gasteiger partial charge in [0.1, 0.15) is 30.0 Å². The van der Waals surface area contributed by atoms with Gasteiger partial charge < -0.3 is 19.2 Å². The van der Waals surface area contributed by atoms with Crippen molar-refractivity contribution in [3.8, 4) is 0 Å². The maximum Gasteiger partial charge on any atom is 0.161 e. The Labute approximate surface area is 163 Å². The summed E-state index contributed by atoms with van der Waals surface area (Å²) in [6.07, 6.45) is 14.3. The zero-order chi connectivity index (χ0) is 18.8. The highest BCUT2D eigenvalue weighted by Crippen LogP contribution is 2.32. The van der Waals surface area contributed by atoms with E-state index in [1.807, 2.05) is 30.3 Å². The first-order chi connectivity index (χ1) is 13.9. The average Bonchev–Trinajstić information content (AvgIpc) is 3.13. The zero-order valence-electron chi connectivity index (χ0n) is 15.4. The monoisotopic (exact) mass is 371 g/mol. The highest BCUT2D eigenvalue weighted by atomic mass is 16.5. The van der Waals surface area contributed by atoms with Gasteiger partial charge in [-0.2, -0.15) is 0 Å². The molecule has 0 saturated heterocycles. The lowest BCUT2D eigenvalue weighted by molar-refractivity contribution is 0.240. The lowest BCUT2D eigenvalue weighted by Crippen LogP contribution is -2.24. The Morgan fingerprint density at radius 2 is 1.93 bits per heavy atom. The summed E-state index contributed by atoms with van der Waals surface area (Å²) < 4.78 is 17.0. The zero-order valence-corrected chi connectivity index (χ0v) is 15.4. The second-order valence-electron chi connectivity index (χ2n) is 7.05. The number of ether oxygens (including phenoxy) is 2. The average molecular weight is 371 g/mol. The highest BCUT2D eigenvalue weighted by molar-refractivity contribution is 6.05. The van der Waals surface area contributed by atoms with Crippen LogP contribution in [0.2, 0.25) is 0 Å². The van der Waals surface area contributed by atoms with Crippen LogP contribution in [0.25, 0.3) is 21.9 Å². The molecule has 0 saturated carbocycles. The van der Waals surface area contributed by atoms with E-state index in [0.717, 1.165) is 52.6 Å². The summed E-state index contributed by atoms with van der Waals surface area (Å²) in [5.74, 6) is 0.773. The number of benzene rings is 2. The van der Waals surface area contributed by atoms with Crippen molar-refractivity contribution in [1.29, 1.82) is 0 Å². The van der Waals surface area contributed by atoms with Crippen LogP contribution in [0.4, 0.5) is 5.69 Å². The summed E-state index contributed by atoms with van der Waals surface area (Å²) in [5.41, 5.74) is 4.22. The summed E-state index contributed by atoms with van der Waals surface area (Å²) in [5, 5.41) is 5.86. The van der Waals surface area contributed by atoms with Crippen LogP contribution in [0.1, 0.15) is 19.3 Å². The second-order valence-corrected chi connectivity index (χ2v) is 7.05. The van der Waals surface area contributed by atoms with Crippen molar-refractivity contribution in [3.05, 3.63) is 90.8 Å². The molecule has 1 aromatic heterocycles. The molecule has 0 fully saturated rings. The Bertz CT molecular complexity index is 1130. The molecule has 3 aromatic rings. The highest BCUT2D eigenvalue weighted by Gasteiger charge is 2.20. The lowest BCUT2D eigenvalue weighted by atomic mass is 9.97. The van der Waals surface area contributed by atoms with Crippen molar-refractivity contribution in [2.45, 2.75) is 25.3 Å². The molecule has 2 aromatic carbocycles. The van der Waals surface area contributed by atoms with Gasteiger partial charge in [-0.1, -0.05) is 42.0 Å². The van der Waals surface area contributed by atoms with Crippen molar-refractivity contribution in [3.63, 3.8) is 0 Å². The number of allylic oxidation sites excluding steroid dienone is 3. The molecule has 1 N–H and O–H groups in total. The van der Waals surface area contributed by atoms with Gasteiger partial charge in [-0.05, 0) is 43.5 Å². The molecule has 1 atom stereocenters. The molecule has 28 heavy (non-hydrogen) atoms. The predicted octanol–water partition coefficient (Wildman–Crippen LogP) is 6.39. The largest absolute Gasteiger partial charge is 0.466 e. The second kappa shape index (κ2) is 7.31. The SMILES string of the molecule is C1=CCCC(CC(Nc2ccc3oc4ccccc4c3c2)C2=COC=CO2)=C1. The van der Waals surface area contributed by atoms with Crippen LogP contribution >= 0.6 is 0 Å². The number of nitrogens with one attached hydrogen (secondary N) is 1. The van der Waals surface area contributed by atoms with Crippen LogP contribution in [-0.4, -0.2) is 6.04 Å². The minimum atomic E-state index is -0.0154. The molecule has 140 valence electrons. The van der Waals surface area contributed by atoms with Crippen LogP contribution in [0.3, 0.4) is 0 Å². The topological polar surface area (TPSA) is 43.6 Å². The number of anilines is 1. The van der Waals surface area contributed by atoms with Gasteiger partial charge >= 0.3 is 0 Å². The van der Waals surface area contributed by atoms with Crippen molar-refractivity contribution < 1.29 is 13.9 Å². The van der Waals surface area contributed by atoms with Crippen LogP contribution in [0.5, 0.6) is 0 Å². The third-order valence-electron chi connectivity index (χ3n) is 5.15. The van der Waals surface area contributed by atoms with E-state index in [1.165, 1.54) is 11.8 Å². The Morgan fingerprint density at radius 1 is 1.00 bits per heavy atom. The first kappa shape index (κ1) is 16.8. The van der Waals surface area contributed by atoms with Gasteiger partial charge in [0, 0.05) is 16.5 Å². The third kappa shape index (κ3) is 3.29. The quantitative estimate of drug-likeness (QED) is 0.564. The molecule has 1 aliphatic carbocycles. The third-order valence-corrected chi connectivity index (χ3v) is 5.15. The fraction of sp³-hybridized carbons (Fsp3) is 0.167. The van der Waals surface area contributed by atoms with E-state index in [0.29, 0.717) is 0 Å². The van der Waals surface area contributed by atoms with E-state index < -0.39 is 0 Å². The summed E-state index contributed by atoms with van der Waals surface area (Å²) in [6.45, 7) is 0. The summed E-state index contributed by atoms with van der Waals surface area (Å²) in [4.78, 5) is 0. The van der Waals surface area contributed by atoms with Crippen molar-refractivity contribution in [2.75, 3.05) is 5.32 Å². The fourth-order valence-electron chi connectivity index (χ4n) is 3.76. The molecule has 1 unspecified atom stereocenters. The normalized spacial score (nSPS) is 17.0. The van der Waals surface area contributed by atoms with Crippen LogP contribution in [0, 0.1) is 0 Å². The van der Waals surface area contributed by atoms with Gasteiger partial charge in [-0.3, -0.25) is 0 Å². The molecular formula is C24H21NO3. The first-order valence-electron chi connectivity index (χ1n) is 9.56. The van der Waals surface area contributed by atoms with Crippen molar-refractivity contribution >= 4 is 27.6 Å². The number of rotatable bonds is 5. The maximum absolute atomic E-state index is 5.94. The number of hydrogen-bond donors (Lipinski definition) is 1. The number of furan rings is 1. The van der Waals surface area contributed by atoms with Gasteiger partial charge in [0.2, 0.25) is 0 Å². The standard InChI is InChI=1S/C24H21NO3/c1-2-6-17(7-3-1)14-21(24-16-26-12-13-27-24)25-18-10-11-23-20(15-18)19-8-4-5-9-22(19)28-23/h1-2,4-6,8-13,15-16,21,25H,3,7,14H2.